The van der Waals surface area contributed by atoms with E-state index in [-0.39, 0.29) is 35.7 Å². The summed E-state index contributed by atoms with van der Waals surface area (Å²) in [5.41, 5.74) is 0.565. The second-order valence-corrected chi connectivity index (χ2v) is 10.6. The van der Waals surface area contributed by atoms with E-state index < -0.39 is 11.9 Å². The van der Waals surface area contributed by atoms with Crippen LogP contribution < -0.4 is 10.6 Å². The number of carboxylic acid groups (broad SMARTS) is 2. The van der Waals surface area contributed by atoms with Crippen LogP contribution in [0.5, 0.6) is 0 Å². The summed E-state index contributed by atoms with van der Waals surface area (Å²) in [6.07, 6.45) is 2.76. The number of aliphatic carboxylic acids is 2. The summed E-state index contributed by atoms with van der Waals surface area (Å²) in [5, 5.41) is 23.2. The lowest BCUT2D eigenvalue weighted by Gasteiger charge is -2.32. The van der Waals surface area contributed by atoms with E-state index in [2.05, 4.69) is 38.3 Å². The molecule has 0 aliphatic carbocycles. The van der Waals surface area contributed by atoms with E-state index in [1.54, 1.807) is 24.3 Å². The summed E-state index contributed by atoms with van der Waals surface area (Å²) < 4.78 is 0. The summed E-state index contributed by atoms with van der Waals surface area (Å²) >= 11 is 12.2. The Bertz CT molecular complexity index is 1070. The number of carbonyl (C=O) groups is 4. The first-order chi connectivity index (χ1) is 17.6. The zero-order valence-electron chi connectivity index (χ0n) is 21.9. The molecule has 0 spiro atoms. The van der Waals surface area contributed by atoms with Crippen molar-refractivity contribution in [1.29, 1.82) is 0 Å². The van der Waals surface area contributed by atoms with Gasteiger partial charge in [-0.2, -0.15) is 0 Å². The van der Waals surface area contributed by atoms with Gasteiger partial charge in [0.05, 0.1) is 23.1 Å². The minimum Gasteiger partial charge on any atom is -0.478 e. The van der Waals surface area contributed by atoms with Crippen LogP contribution in [0.2, 0.25) is 10.0 Å². The first kappa shape index (κ1) is 33.0. The standard InChI is InChI=1S/C24H30Cl2N2O2.C4H4O4/c1-23(2,27-15-21(29)17-9-5-7-11-19(17)25)13-14-24(3,4)28-16-22(30)18-10-6-8-12-20(18)26;5-3(6)1-2-4(7)8/h5-12,27-28H,13-16H2,1-4H3;1-2H,(H,5,6)(H,7,8)/b;2-1-. The van der Waals surface area contributed by atoms with Gasteiger partial charge in [-0.15, -0.1) is 0 Å². The maximum Gasteiger partial charge on any atom is 0.328 e. The van der Waals surface area contributed by atoms with E-state index in [0.717, 1.165) is 12.8 Å². The second-order valence-electron chi connectivity index (χ2n) is 9.79. The Morgan fingerprint density at radius 3 is 1.29 bits per heavy atom. The molecule has 0 aliphatic rings. The molecule has 0 atom stereocenters. The first-order valence-electron chi connectivity index (χ1n) is 11.8. The minimum atomic E-state index is -1.26. The molecule has 206 valence electrons. The van der Waals surface area contributed by atoms with Crippen molar-refractivity contribution in [2.24, 2.45) is 0 Å². The van der Waals surface area contributed by atoms with Crippen LogP contribution in [-0.2, 0) is 9.59 Å². The van der Waals surface area contributed by atoms with Gasteiger partial charge >= 0.3 is 11.9 Å². The molecule has 2 aromatic rings. The van der Waals surface area contributed by atoms with E-state index in [1.165, 1.54) is 0 Å². The molecule has 38 heavy (non-hydrogen) atoms. The lowest BCUT2D eigenvalue weighted by molar-refractivity contribution is -0.134. The number of ketones is 2. The van der Waals surface area contributed by atoms with Crippen LogP contribution >= 0.6 is 23.2 Å². The zero-order chi connectivity index (χ0) is 28.9. The van der Waals surface area contributed by atoms with Gasteiger partial charge in [0.2, 0.25) is 0 Å². The lowest BCUT2D eigenvalue weighted by Crippen LogP contribution is -2.47. The fraction of sp³-hybridized carbons (Fsp3) is 0.357. The molecule has 2 rings (SSSR count). The highest BCUT2D eigenvalue weighted by Crippen LogP contribution is 2.21. The monoisotopic (exact) mass is 564 g/mol. The van der Waals surface area contributed by atoms with E-state index in [4.69, 9.17) is 33.4 Å². The van der Waals surface area contributed by atoms with Crippen LogP contribution in [0.25, 0.3) is 0 Å². The van der Waals surface area contributed by atoms with Gasteiger partial charge in [0, 0.05) is 34.4 Å². The molecule has 0 aromatic heterocycles. The van der Waals surface area contributed by atoms with Crippen molar-refractivity contribution in [2.45, 2.75) is 51.6 Å². The number of hydrogen-bond donors (Lipinski definition) is 4. The number of rotatable bonds is 13. The number of nitrogens with one attached hydrogen (secondary N) is 2. The number of benzene rings is 2. The predicted molar refractivity (Wildman–Crippen MR) is 149 cm³/mol. The molecule has 0 saturated carbocycles. The van der Waals surface area contributed by atoms with Gasteiger partial charge in [0.25, 0.3) is 0 Å². The van der Waals surface area contributed by atoms with Gasteiger partial charge in [-0.3, -0.25) is 9.59 Å². The zero-order valence-corrected chi connectivity index (χ0v) is 23.4. The van der Waals surface area contributed by atoms with Crippen molar-refractivity contribution in [3.63, 3.8) is 0 Å². The van der Waals surface area contributed by atoms with Crippen LogP contribution in [0.4, 0.5) is 0 Å². The smallest absolute Gasteiger partial charge is 0.328 e. The molecule has 0 radical (unpaired) electrons. The molecule has 10 heteroatoms. The molecule has 0 saturated heterocycles. The third kappa shape index (κ3) is 13.0. The molecule has 0 unspecified atom stereocenters. The number of carboxylic acids is 2. The third-order valence-corrected chi connectivity index (χ3v) is 6.21. The van der Waals surface area contributed by atoms with Crippen molar-refractivity contribution < 1.29 is 29.4 Å². The minimum absolute atomic E-state index is 0.0311. The van der Waals surface area contributed by atoms with Crippen LogP contribution in [-0.4, -0.2) is 57.9 Å². The molecule has 0 amide bonds. The van der Waals surface area contributed by atoms with E-state index >= 15 is 0 Å². The molecule has 4 N–H and O–H groups in total. The van der Waals surface area contributed by atoms with Gasteiger partial charge in [-0.1, -0.05) is 47.5 Å². The summed E-state index contributed by atoms with van der Waals surface area (Å²) in [6, 6.07) is 14.1. The normalized spacial score (nSPS) is 11.5. The summed E-state index contributed by atoms with van der Waals surface area (Å²) in [6.45, 7) is 8.70. The van der Waals surface area contributed by atoms with E-state index in [1.807, 2.05) is 24.3 Å². The van der Waals surface area contributed by atoms with Crippen LogP contribution in [0.1, 0.15) is 61.3 Å². The Hall–Kier alpha value is -3.04. The fourth-order valence-electron chi connectivity index (χ4n) is 3.15. The Balaban J connectivity index is 0.000000781. The quantitative estimate of drug-likeness (QED) is 0.190. The molecule has 2 aromatic carbocycles. The third-order valence-electron chi connectivity index (χ3n) is 5.55. The second kappa shape index (κ2) is 15.4. The Morgan fingerprint density at radius 2 is 1.00 bits per heavy atom. The van der Waals surface area contributed by atoms with Crippen molar-refractivity contribution in [3.05, 3.63) is 81.9 Å². The average molecular weight is 565 g/mol. The highest BCUT2D eigenvalue weighted by Gasteiger charge is 2.25. The molecule has 0 heterocycles. The maximum atomic E-state index is 12.4. The Kier molecular flexibility index (Phi) is 13.4. The Morgan fingerprint density at radius 1 is 0.684 bits per heavy atom. The predicted octanol–water partition coefficient (Wildman–Crippen LogP) is 5.29. The highest BCUT2D eigenvalue weighted by atomic mass is 35.5. The number of hydrogen-bond acceptors (Lipinski definition) is 6. The number of Topliss-reactive ketones (excluding diaryl/α,β-unsaturated/α-hetero) is 2. The van der Waals surface area contributed by atoms with Crippen molar-refractivity contribution >= 4 is 46.7 Å². The summed E-state index contributed by atoms with van der Waals surface area (Å²) in [4.78, 5) is 44.0. The van der Waals surface area contributed by atoms with Crippen molar-refractivity contribution in [3.8, 4) is 0 Å². The SMILES string of the molecule is CC(C)(CCC(C)(C)NCC(=O)c1ccccc1Cl)NCC(=O)c1ccccc1Cl.O=C(O)/C=C\C(=O)O. The lowest BCUT2D eigenvalue weighted by atomic mass is 9.89. The molecular formula is C28H34Cl2N2O6. The van der Waals surface area contributed by atoms with Gasteiger partial charge < -0.3 is 20.8 Å². The van der Waals surface area contributed by atoms with Gasteiger partial charge in [0.15, 0.2) is 11.6 Å². The Labute approximate surface area is 233 Å². The summed E-state index contributed by atoms with van der Waals surface area (Å²) in [5.74, 6) is -2.58. The molecule has 0 bridgehead atoms. The largest absolute Gasteiger partial charge is 0.478 e. The van der Waals surface area contributed by atoms with Crippen LogP contribution in [0.3, 0.4) is 0 Å². The molecule has 8 nitrogen and oxygen atoms in total. The van der Waals surface area contributed by atoms with Gasteiger partial charge in [-0.25, -0.2) is 9.59 Å². The van der Waals surface area contributed by atoms with Crippen molar-refractivity contribution in [2.75, 3.05) is 13.1 Å². The van der Waals surface area contributed by atoms with E-state index in [0.29, 0.717) is 33.3 Å². The highest BCUT2D eigenvalue weighted by molar-refractivity contribution is 6.34. The molecule has 0 aliphatic heterocycles. The van der Waals surface area contributed by atoms with E-state index in [9.17, 15) is 19.2 Å². The van der Waals surface area contributed by atoms with Gasteiger partial charge in [-0.05, 0) is 64.8 Å². The fourth-order valence-corrected chi connectivity index (χ4v) is 3.63. The maximum absolute atomic E-state index is 12.4. The topological polar surface area (TPSA) is 133 Å². The van der Waals surface area contributed by atoms with Crippen LogP contribution in [0, 0.1) is 0 Å². The molecular weight excluding hydrogens is 531 g/mol. The number of halogens is 2. The average Bonchev–Trinajstić information content (AvgIpc) is 2.85. The molecule has 0 fully saturated rings. The van der Waals surface area contributed by atoms with Gasteiger partial charge in [0.1, 0.15) is 0 Å². The van der Waals surface area contributed by atoms with Crippen molar-refractivity contribution in [1.82, 2.24) is 10.6 Å². The summed E-state index contributed by atoms with van der Waals surface area (Å²) in [7, 11) is 0. The van der Waals surface area contributed by atoms with Crippen LogP contribution in [0.15, 0.2) is 60.7 Å². The first-order valence-corrected chi connectivity index (χ1v) is 12.6. The number of carbonyl (C=O) groups excluding carboxylic acids is 2.